The number of nitriles is 1. The summed E-state index contributed by atoms with van der Waals surface area (Å²) in [7, 11) is 0. The largest absolute Gasteiger partial charge is 0.238 e. The zero-order valence-corrected chi connectivity index (χ0v) is 9.95. The lowest BCUT2D eigenvalue weighted by Crippen LogP contribution is -2.11. The van der Waals surface area contributed by atoms with Gasteiger partial charge >= 0.3 is 0 Å². The Morgan fingerprint density at radius 2 is 1.81 bits per heavy atom. The topological polar surface area (TPSA) is 49.6 Å². The summed E-state index contributed by atoms with van der Waals surface area (Å²) in [4.78, 5) is 8.95. The van der Waals surface area contributed by atoms with E-state index >= 15 is 0 Å². The van der Waals surface area contributed by atoms with Crippen molar-refractivity contribution in [1.29, 1.82) is 5.26 Å². The van der Waals surface area contributed by atoms with Crippen molar-refractivity contribution in [2.45, 2.75) is 51.9 Å². The Hall–Kier alpha value is -1.43. The van der Waals surface area contributed by atoms with Gasteiger partial charge in [-0.25, -0.2) is 9.97 Å². The lowest BCUT2D eigenvalue weighted by Gasteiger charge is -2.20. The molecule has 0 bridgehead atoms. The van der Waals surface area contributed by atoms with Crippen LogP contribution in [0.5, 0.6) is 0 Å². The molecule has 1 saturated carbocycles. The van der Waals surface area contributed by atoms with Crippen molar-refractivity contribution in [1.82, 2.24) is 9.97 Å². The molecule has 0 spiro atoms. The SMILES string of the molecule is Cc1nc(C2CCCCC2)nc(C#N)c1C. The molecule has 1 aromatic heterocycles. The van der Waals surface area contributed by atoms with Gasteiger partial charge in [-0.15, -0.1) is 0 Å². The first-order valence-electron chi connectivity index (χ1n) is 5.97. The van der Waals surface area contributed by atoms with E-state index in [-0.39, 0.29) is 0 Å². The first kappa shape index (κ1) is 11.1. The number of aryl methyl sites for hydroxylation is 1. The van der Waals surface area contributed by atoms with E-state index < -0.39 is 0 Å². The van der Waals surface area contributed by atoms with Crippen LogP contribution in [0.2, 0.25) is 0 Å². The van der Waals surface area contributed by atoms with Crippen LogP contribution >= 0.6 is 0 Å². The van der Waals surface area contributed by atoms with E-state index in [9.17, 15) is 0 Å². The van der Waals surface area contributed by atoms with Gasteiger partial charge in [0.2, 0.25) is 0 Å². The highest BCUT2D eigenvalue weighted by molar-refractivity contribution is 5.33. The summed E-state index contributed by atoms with van der Waals surface area (Å²) in [6, 6.07) is 2.16. The summed E-state index contributed by atoms with van der Waals surface area (Å²) in [5, 5.41) is 9.03. The van der Waals surface area contributed by atoms with Crippen LogP contribution < -0.4 is 0 Å². The van der Waals surface area contributed by atoms with E-state index in [2.05, 4.69) is 16.0 Å². The molecule has 2 rings (SSSR count). The number of hydrogen-bond donors (Lipinski definition) is 0. The van der Waals surface area contributed by atoms with Crippen LogP contribution in [-0.4, -0.2) is 9.97 Å². The molecule has 0 atom stereocenters. The van der Waals surface area contributed by atoms with E-state index in [1.165, 1.54) is 32.1 Å². The zero-order chi connectivity index (χ0) is 11.5. The number of aromatic nitrogens is 2. The van der Waals surface area contributed by atoms with Crippen molar-refractivity contribution in [3.8, 4) is 6.07 Å². The van der Waals surface area contributed by atoms with Crippen LogP contribution in [0.1, 0.15) is 60.8 Å². The summed E-state index contributed by atoms with van der Waals surface area (Å²) >= 11 is 0. The minimum atomic E-state index is 0.472. The Morgan fingerprint density at radius 3 is 2.44 bits per heavy atom. The Bertz CT molecular complexity index is 426. The average molecular weight is 215 g/mol. The van der Waals surface area contributed by atoms with Crippen molar-refractivity contribution in [2.24, 2.45) is 0 Å². The molecule has 0 aromatic carbocycles. The molecule has 1 fully saturated rings. The van der Waals surface area contributed by atoms with Crippen LogP contribution in [0.3, 0.4) is 0 Å². The Labute approximate surface area is 96.5 Å². The molecule has 3 heteroatoms. The highest BCUT2D eigenvalue weighted by atomic mass is 14.9. The molecule has 0 N–H and O–H groups in total. The van der Waals surface area contributed by atoms with Gasteiger partial charge < -0.3 is 0 Å². The molecule has 0 amide bonds. The molecule has 1 aliphatic carbocycles. The summed E-state index contributed by atoms with van der Waals surface area (Å²) in [6.45, 7) is 3.88. The third kappa shape index (κ3) is 2.06. The molecule has 0 saturated heterocycles. The van der Waals surface area contributed by atoms with Crippen molar-refractivity contribution in [3.63, 3.8) is 0 Å². The molecular formula is C13H17N3. The van der Waals surface area contributed by atoms with Gasteiger partial charge in [-0.1, -0.05) is 19.3 Å². The van der Waals surface area contributed by atoms with Crippen molar-refractivity contribution in [2.75, 3.05) is 0 Å². The highest BCUT2D eigenvalue weighted by Crippen LogP contribution is 2.31. The number of nitrogens with zero attached hydrogens (tertiary/aromatic N) is 3. The quantitative estimate of drug-likeness (QED) is 0.723. The fourth-order valence-corrected chi connectivity index (χ4v) is 2.30. The molecular weight excluding hydrogens is 198 g/mol. The number of hydrogen-bond acceptors (Lipinski definition) is 3. The van der Waals surface area contributed by atoms with Gasteiger partial charge in [0.05, 0.1) is 0 Å². The zero-order valence-electron chi connectivity index (χ0n) is 9.95. The van der Waals surface area contributed by atoms with Crippen molar-refractivity contribution in [3.05, 3.63) is 22.8 Å². The van der Waals surface area contributed by atoms with E-state index in [1.807, 2.05) is 13.8 Å². The number of rotatable bonds is 1. The summed E-state index contributed by atoms with van der Waals surface area (Å²) in [5.74, 6) is 1.36. The van der Waals surface area contributed by atoms with Crippen LogP contribution in [-0.2, 0) is 0 Å². The van der Waals surface area contributed by atoms with Crippen LogP contribution in [0.15, 0.2) is 0 Å². The van der Waals surface area contributed by atoms with Gasteiger partial charge in [-0.05, 0) is 26.7 Å². The van der Waals surface area contributed by atoms with Crippen molar-refractivity contribution < 1.29 is 0 Å². The Morgan fingerprint density at radius 1 is 1.12 bits per heavy atom. The third-order valence-electron chi connectivity index (χ3n) is 3.48. The smallest absolute Gasteiger partial charge is 0.147 e. The molecule has 84 valence electrons. The second-order valence-corrected chi connectivity index (χ2v) is 4.59. The van der Waals surface area contributed by atoms with E-state index in [0.717, 1.165) is 17.1 Å². The summed E-state index contributed by atoms with van der Waals surface area (Å²) in [5.41, 5.74) is 2.42. The van der Waals surface area contributed by atoms with Gasteiger partial charge in [0, 0.05) is 17.2 Å². The molecule has 0 radical (unpaired) electrons. The molecule has 1 aromatic rings. The Kier molecular flexibility index (Phi) is 3.19. The maximum absolute atomic E-state index is 9.03. The molecule has 16 heavy (non-hydrogen) atoms. The van der Waals surface area contributed by atoms with Gasteiger partial charge in [0.1, 0.15) is 17.6 Å². The molecule has 1 aliphatic rings. The van der Waals surface area contributed by atoms with Gasteiger partial charge in [0.15, 0.2) is 0 Å². The van der Waals surface area contributed by atoms with Crippen LogP contribution in [0.4, 0.5) is 0 Å². The predicted octanol–water partition coefficient (Wildman–Crippen LogP) is 3.01. The highest BCUT2D eigenvalue weighted by Gasteiger charge is 2.19. The molecule has 1 heterocycles. The van der Waals surface area contributed by atoms with E-state index in [4.69, 9.17) is 5.26 Å². The summed E-state index contributed by atoms with van der Waals surface area (Å²) in [6.07, 6.45) is 6.21. The van der Waals surface area contributed by atoms with E-state index in [1.54, 1.807) is 0 Å². The third-order valence-corrected chi connectivity index (χ3v) is 3.48. The van der Waals surface area contributed by atoms with Gasteiger partial charge in [-0.2, -0.15) is 5.26 Å². The molecule has 0 unspecified atom stereocenters. The summed E-state index contributed by atoms with van der Waals surface area (Å²) < 4.78 is 0. The lowest BCUT2D eigenvalue weighted by atomic mass is 9.88. The Balaban J connectivity index is 2.34. The maximum atomic E-state index is 9.03. The van der Waals surface area contributed by atoms with Crippen LogP contribution in [0, 0.1) is 25.2 Å². The lowest BCUT2D eigenvalue weighted by molar-refractivity contribution is 0.427. The van der Waals surface area contributed by atoms with Gasteiger partial charge in [-0.3, -0.25) is 0 Å². The minimum Gasteiger partial charge on any atom is -0.238 e. The maximum Gasteiger partial charge on any atom is 0.147 e. The van der Waals surface area contributed by atoms with Gasteiger partial charge in [0.25, 0.3) is 0 Å². The first-order valence-corrected chi connectivity index (χ1v) is 5.97. The minimum absolute atomic E-state index is 0.472. The second-order valence-electron chi connectivity index (χ2n) is 4.59. The second kappa shape index (κ2) is 4.61. The fraction of sp³-hybridized carbons (Fsp3) is 0.615. The molecule has 3 nitrogen and oxygen atoms in total. The van der Waals surface area contributed by atoms with Crippen molar-refractivity contribution >= 4 is 0 Å². The monoisotopic (exact) mass is 215 g/mol. The van der Waals surface area contributed by atoms with E-state index in [0.29, 0.717) is 11.6 Å². The average Bonchev–Trinajstić information content (AvgIpc) is 2.33. The molecule has 0 aliphatic heterocycles. The first-order chi connectivity index (χ1) is 7.72. The van der Waals surface area contributed by atoms with Crippen LogP contribution in [0.25, 0.3) is 0 Å². The predicted molar refractivity (Wildman–Crippen MR) is 62.0 cm³/mol. The standard InChI is InChI=1S/C13H17N3/c1-9-10(2)15-13(16-12(9)8-14)11-6-4-3-5-7-11/h11H,3-7H2,1-2H3. The normalized spacial score (nSPS) is 17.1. The fourth-order valence-electron chi connectivity index (χ4n) is 2.30.